The number of rotatable bonds is 2. The molecule has 0 aliphatic rings. The molecule has 2 rings (SSSR count). The monoisotopic (exact) mass is 222 g/mol. The van der Waals surface area contributed by atoms with Crippen molar-refractivity contribution in [2.24, 2.45) is 0 Å². The van der Waals surface area contributed by atoms with Gasteiger partial charge in [0.2, 0.25) is 0 Å². The van der Waals surface area contributed by atoms with Crippen molar-refractivity contribution < 1.29 is 14.4 Å². The van der Waals surface area contributed by atoms with E-state index in [2.05, 4.69) is 0 Å². The van der Waals surface area contributed by atoms with Gasteiger partial charge in [0.15, 0.2) is 0 Å². The van der Waals surface area contributed by atoms with Gasteiger partial charge in [-0.25, -0.2) is 4.39 Å². The van der Waals surface area contributed by atoms with Gasteiger partial charge in [-0.2, -0.15) is 0 Å². The fourth-order valence-corrected chi connectivity index (χ4v) is 2.06. The topological polar surface area (TPSA) is 40.5 Å². The quantitative estimate of drug-likeness (QED) is 0.750. The molecule has 1 aromatic carbocycles. The van der Waals surface area contributed by atoms with Gasteiger partial charge in [0.05, 0.1) is 0 Å². The van der Waals surface area contributed by atoms with E-state index in [-0.39, 0.29) is 5.46 Å². The predicted octanol–water partition coefficient (Wildman–Crippen LogP) is 1.23. The third-order valence-corrected chi connectivity index (χ3v) is 3.00. The van der Waals surface area contributed by atoms with Gasteiger partial charge < -0.3 is 10.0 Å². The first kappa shape index (κ1) is 10.4. The molecular weight excluding hydrogens is 214 g/mol. The molecule has 1 heterocycles. The first-order valence-electron chi connectivity index (χ1n) is 4.38. The number of halogens is 1. The van der Waals surface area contributed by atoms with E-state index in [4.69, 9.17) is 10.0 Å². The Labute approximate surface area is 90.8 Å². The van der Waals surface area contributed by atoms with E-state index in [1.54, 1.807) is 6.07 Å². The van der Waals surface area contributed by atoms with Crippen LogP contribution in [0.1, 0.15) is 0 Å². The maximum Gasteiger partial charge on any atom is 0.491 e. The Morgan fingerprint density at radius 1 is 1.20 bits per heavy atom. The maximum atomic E-state index is 13.1. The lowest BCUT2D eigenvalue weighted by molar-refractivity contribution is 0.423. The fraction of sp³-hybridized carbons (Fsp3) is 0. The van der Waals surface area contributed by atoms with E-state index >= 15 is 0 Å². The second kappa shape index (κ2) is 4.14. The van der Waals surface area contributed by atoms with Crippen LogP contribution in [-0.4, -0.2) is 17.2 Å². The smallest absolute Gasteiger partial charge is 0.423 e. The van der Waals surface area contributed by atoms with Crippen molar-refractivity contribution >= 4 is 23.9 Å². The van der Waals surface area contributed by atoms with Crippen LogP contribution in [0.2, 0.25) is 0 Å². The van der Waals surface area contributed by atoms with E-state index in [1.165, 1.54) is 23.5 Å². The molecule has 2 N–H and O–H groups in total. The van der Waals surface area contributed by atoms with Crippen molar-refractivity contribution in [3.8, 4) is 10.4 Å². The summed E-state index contributed by atoms with van der Waals surface area (Å²) in [5.41, 5.74) is 0.690. The van der Waals surface area contributed by atoms with Crippen molar-refractivity contribution in [2.75, 3.05) is 0 Å². The average Bonchev–Trinajstić information content (AvgIpc) is 2.71. The van der Waals surface area contributed by atoms with Gasteiger partial charge >= 0.3 is 7.12 Å². The highest BCUT2D eigenvalue weighted by Gasteiger charge is 2.17. The molecule has 0 amide bonds. The minimum atomic E-state index is -1.77. The Morgan fingerprint density at radius 3 is 2.60 bits per heavy atom. The fourth-order valence-electron chi connectivity index (χ4n) is 1.34. The van der Waals surface area contributed by atoms with Crippen molar-refractivity contribution in [1.82, 2.24) is 0 Å². The van der Waals surface area contributed by atoms with Gasteiger partial charge in [-0.3, -0.25) is 0 Å². The van der Waals surface area contributed by atoms with E-state index in [9.17, 15) is 4.39 Å². The van der Waals surface area contributed by atoms with Crippen LogP contribution in [0, 0.1) is 5.82 Å². The Balaban J connectivity index is 2.48. The van der Waals surface area contributed by atoms with E-state index in [0.717, 1.165) is 10.4 Å². The lowest BCUT2D eigenvalue weighted by Gasteiger charge is -2.04. The second-order valence-electron chi connectivity index (χ2n) is 3.09. The van der Waals surface area contributed by atoms with Crippen molar-refractivity contribution in [1.29, 1.82) is 0 Å². The molecule has 0 bridgehead atoms. The molecule has 0 aliphatic heterocycles. The molecule has 0 fully saturated rings. The van der Waals surface area contributed by atoms with Crippen molar-refractivity contribution in [3.05, 3.63) is 41.5 Å². The largest absolute Gasteiger partial charge is 0.491 e. The van der Waals surface area contributed by atoms with Crippen LogP contribution in [0.5, 0.6) is 0 Å². The third kappa shape index (κ3) is 2.09. The summed E-state index contributed by atoms with van der Waals surface area (Å²) in [6, 6.07) is 8.09. The molecule has 0 atom stereocenters. The summed E-state index contributed by atoms with van der Waals surface area (Å²) in [6.07, 6.45) is 0. The molecule has 2 aromatic rings. The Kier molecular flexibility index (Phi) is 2.86. The minimum absolute atomic E-state index is 0.0964. The molecule has 0 saturated carbocycles. The maximum absolute atomic E-state index is 13.1. The Morgan fingerprint density at radius 2 is 2.00 bits per heavy atom. The summed E-state index contributed by atoms with van der Waals surface area (Å²) >= 11 is 1.52. The standard InChI is InChI=1S/C10H8BFO2S/c12-9-4-3-7(6-8(9)11(13)14)10-2-1-5-15-10/h1-6,13-14H. The molecule has 0 aliphatic carbocycles. The van der Waals surface area contributed by atoms with Crippen molar-refractivity contribution in [2.45, 2.75) is 0 Å². The van der Waals surface area contributed by atoms with Crippen LogP contribution in [-0.2, 0) is 0 Å². The van der Waals surface area contributed by atoms with Crippen LogP contribution in [0.25, 0.3) is 10.4 Å². The van der Waals surface area contributed by atoms with Gasteiger partial charge in [0.25, 0.3) is 0 Å². The molecule has 15 heavy (non-hydrogen) atoms. The van der Waals surface area contributed by atoms with E-state index < -0.39 is 12.9 Å². The number of thiophene rings is 1. The van der Waals surface area contributed by atoms with Crippen LogP contribution in [0.4, 0.5) is 4.39 Å². The number of hydrogen-bond acceptors (Lipinski definition) is 3. The summed E-state index contributed by atoms with van der Waals surface area (Å²) in [4.78, 5) is 0.969. The lowest BCUT2D eigenvalue weighted by Crippen LogP contribution is -2.32. The van der Waals surface area contributed by atoms with E-state index in [0.29, 0.717) is 0 Å². The zero-order chi connectivity index (χ0) is 10.8. The number of hydrogen-bond donors (Lipinski definition) is 2. The first-order chi connectivity index (χ1) is 7.18. The van der Waals surface area contributed by atoms with Crippen molar-refractivity contribution in [3.63, 3.8) is 0 Å². The molecule has 5 heteroatoms. The SMILES string of the molecule is OB(O)c1cc(-c2cccs2)ccc1F. The minimum Gasteiger partial charge on any atom is -0.423 e. The van der Waals surface area contributed by atoms with Crippen LogP contribution >= 0.6 is 11.3 Å². The molecule has 76 valence electrons. The van der Waals surface area contributed by atoms with Crippen LogP contribution in [0.15, 0.2) is 35.7 Å². The van der Waals surface area contributed by atoms with Gasteiger partial charge in [-0.05, 0) is 23.1 Å². The van der Waals surface area contributed by atoms with Gasteiger partial charge in [-0.1, -0.05) is 18.2 Å². The molecule has 2 nitrogen and oxygen atoms in total. The summed E-state index contributed by atoms with van der Waals surface area (Å²) in [5, 5.41) is 19.8. The second-order valence-corrected chi connectivity index (χ2v) is 4.03. The normalized spacial score (nSPS) is 10.3. The highest BCUT2D eigenvalue weighted by atomic mass is 32.1. The van der Waals surface area contributed by atoms with Gasteiger partial charge in [-0.15, -0.1) is 11.3 Å². The summed E-state index contributed by atoms with van der Waals surface area (Å²) in [7, 11) is -1.77. The molecule has 0 unspecified atom stereocenters. The summed E-state index contributed by atoms with van der Waals surface area (Å²) in [5.74, 6) is -0.606. The highest BCUT2D eigenvalue weighted by molar-refractivity contribution is 7.13. The molecule has 0 spiro atoms. The zero-order valence-electron chi connectivity index (χ0n) is 7.72. The van der Waals surface area contributed by atoms with Crippen LogP contribution in [0.3, 0.4) is 0 Å². The Hall–Kier alpha value is -1.17. The first-order valence-corrected chi connectivity index (χ1v) is 5.26. The molecule has 1 aromatic heterocycles. The highest BCUT2D eigenvalue weighted by Crippen LogP contribution is 2.23. The molecule has 0 saturated heterocycles. The third-order valence-electron chi connectivity index (χ3n) is 2.08. The number of benzene rings is 1. The predicted molar refractivity (Wildman–Crippen MR) is 59.5 cm³/mol. The zero-order valence-corrected chi connectivity index (χ0v) is 8.54. The van der Waals surface area contributed by atoms with Gasteiger partial charge in [0, 0.05) is 10.3 Å². The van der Waals surface area contributed by atoms with Crippen LogP contribution < -0.4 is 5.46 Å². The lowest BCUT2D eigenvalue weighted by atomic mass is 9.79. The summed E-state index contributed by atoms with van der Waals surface area (Å²) < 4.78 is 13.1. The average molecular weight is 222 g/mol. The molecular formula is C10H8BFO2S. The van der Waals surface area contributed by atoms with Gasteiger partial charge in [0.1, 0.15) is 5.82 Å². The van der Waals surface area contributed by atoms with E-state index in [1.807, 2.05) is 17.5 Å². The molecule has 0 radical (unpaired) electrons. The Bertz CT molecular complexity index is 456. The summed E-state index contributed by atoms with van der Waals surface area (Å²) in [6.45, 7) is 0.